The van der Waals surface area contributed by atoms with Crippen LogP contribution in [0.5, 0.6) is 0 Å². The largest absolute Gasteiger partial charge is 0.387 e. The van der Waals surface area contributed by atoms with Gasteiger partial charge in [0.05, 0.1) is 0 Å². The van der Waals surface area contributed by atoms with Gasteiger partial charge in [-0.3, -0.25) is 0 Å². The highest BCUT2D eigenvalue weighted by Gasteiger charge is 1.94. The standard InChI is InChI=1S/C20H29N/c1-5-8-10-11-13-16-21-17-15-20(14-12-9-6-2)18-19(4)7-3/h5,8-15,17,21H,1,4,6-7,16,18H2,2-3H3/b10-8-,12-9-,13-11-,17-15-,20-14-. The zero-order valence-electron chi connectivity index (χ0n) is 13.5. The summed E-state index contributed by atoms with van der Waals surface area (Å²) in [7, 11) is 0. The van der Waals surface area contributed by atoms with E-state index >= 15 is 0 Å². The van der Waals surface area contributed by atoms with E-state index in [0.29, 0.717) is 0 Å². The van der Waals surface area contributed by atoms with Crippen molar-refractivity contribution in [3.8, 4) is 0 Å². The molecule has 0 unspecified atom stereocenters. The molecule has 0 radical (unpaired) electrons. The Balaban J connectivity index is 4.35. The maximum Gasteiger partial charge on any atom is 0.0328 e. The summed E-state index contributed by atoms with van der Waals surface area (Å²) in [4.78, 5) is 0. The van der Waals surface area contributed by atoms with E-state index < -0.39 is 0 Å². The van der Waals surface area contributed by atoms with Crippen LogP contribution >= 0.6 is 0 Å². The van der Waals surface area contributed by atoms with Crippen molar-refractivity contribution in [2.75, 3.05) is 6.54 Å². The first-order valence-electron chi connectivity index (χ1n) is 7.61. The first kappa shape index (κ1) is 19.0. The van der Waals surface area contributed by atoms with Gasteiger partial charge in [-0.2, -0.15) is 0 Å². The van der Waals surface area contributed by atoms with E-state index in [-0.39, 0.29) is 0 Å². The molecule has 0 aliphatic carbocycles. The van der Waals surface area contributed by atoms with E-state index in [4.69, 9.17) is 0 Å². The highest BCUT2D eigenvalue weighted by atomic mass is 14.8. The van der Waals surface area contributed by atoms with Crippen molar-refractivity contribution in [3.05, 3.63) is 85.2 Å². The van der Waals surface area contributed by atoms with Crippen molar-refractivity contribution in [2.24, 2.45) is 0 Å². The smallest absolute Gasteiger partial charge is 0.0328 e. The maximum atomic E-state index is 4.08. The highest BCUT2D eigenvalue weighted by Crippen LogP contribution is 2.13. The number of hydrogen-bond acceptors (Lipinski definition) is 1. The lowest BCUT2D eigenvalue weighted by Crippen LogP contribution is -2.03. The maximum absolute atomic E-state index is 4.08. The quantitative estimate of drug-likeness (QED) is 0.294. The number of allylic oxidation sites excluding steroid dienone is 10. The van der Waals surface area contributed by atoms with E-state index in [2.05, 4.69) is 62.7 Å². The Morgan fingerprint density at radius 2 is 1.86 bits per heavy atom. The molecule has 0 aromatic rings. The minimum atomic E-state index is 0.810. The van der Waals surface area contributed by atoms with Gasteiger partial charge in [0, 0.05) is 6.54 Å². The zero-order valence-corrected chi connectivity index (χ0v) is 13.5. The third kappa shape index (κ3) is 12.7. The van der Waals surface area contributed by atoms with Crippen LogP contribution in [0, 0.1) is 0 Å². The predicted molar refractivity (Wildman–Crippen MR) is 97.2 cm³/mol. The van der Waals surface area contributed by atoms with Crippen LogP contribution in [0.1, 0.15) is 33.1 Å². The van der Waals surface area contributed by atoms with Crippen LogP contribution in [-0.4, -0.2) is 6.54 Å². The summed E-state index contributed by atoms with van der Waals surface area (Å²) in [6.07, 6.45) is 23.3. The number of nitrogens with one attached hydrogen (secondary N) is 1. The van der Waals surface area contributed by atoms with Crippen LogP contribution < -0.4 is 5.32 Å². The van der Waals surface area contributed by atoms with Gasteiger partial charge in [0.25, 0.3) is 0 Å². The molecule has 0 spiro atoms. The Bertz CT molecular complexity index is 431. The monoisotopic (exact) mass is 283 g/mol. The first-order valence-corrected chi connectivity index (χ1v) is 7.61. The Hall–Kier alpha value is -2.02. The van der Waals surface area contributed by atoms with Crippen molar-refractivity contribution in [1.29, 1.82) is 0 Å². The Kier molecular flexibility index (Phi) is 13.0. The topological polar surface area (TPSA) is 12.0 Å². The summed E-state index contributed by atoms with van der Waals surface area (Å²) in [5.74, 6) is 0. The summed E-state index contributed by atoms with van der Waals surface area (Å²) in [6, 6.07) is 0. The molecule has 0 bridgehead atoms. The normalized spacial score (nSPS) is 13.0. The molecule has 0 rings (SSSR count). The van der Waals surface area contributed by atoms with E-state index in [1.165, 1.54) is 11.1 Å². The lowest BCUT2D eigenvalue weighted by molar-refractivity contribution is 0.973. The van der Waals surface area contributed by atoms with Crippen molar-refractivity contribution in [1.82, 2.24) is 5.32 Å². The van der Waals surface area contributed by atoms with E-state index in [1.54, 1.807) is 6.08 Å². The average Bonchev–Trinajstić information content (AvgIpc) is 2.49. The second kappa shape index (κ2) is 14.4. The molecular weight excluding hydrogens is 254 g/mol. The molecule has 1 N–H and O–H groups in total. The first-order chi connectivity index (χ1) is 10.2. The molecule has 0 heterocycles. The molecule has 0 aliphatic rings. The second-order valence-corrected chi connectivity index (χ2v) is 4.65. The second-order valence-electron chi connectivity index (χ2n) is 4.65. The van der Waals surface area contributed by atoms with E-state index in [1.807, 2.05) is 24.4 Å². The fourth-order valence-corrected chi connectivity index (χ4v) is 1.51. The van der Waals surface area contributed by atoms with Crippen LogP contribution in [0.25, 0.3) is 0 Å². The molecule has 0 saturated heterocycles. The van der Waals surface area contributed by atoms with Crippen molar-refractivity contribution >= 4 is 0 Å². The van der Waals surface area contributed by atoms with Gasteiger partial charge >= 0.3 is 0 Å². The SMILES string of the molecule is C=C/C=C\C=C/CN\C=C/C(=C/C=C\CC)CC(=C)CC. The van der Waals surface area contributed by atoms with Gasteiger partial charge < -0.3 is 5.32 Å². The lowest BCUT2D eigenvalue weighted by atomic mass is 10.0. The van der Waals surface area contributed by atoms with Crippen molar-refractivity contribution in [3.63, 3.8) is 0 Å². The molecule has 0 saturated carbocycles. The molecule has 0 aromatic heterocycles. The predicted octanol–water partition coefficient (Wildman–Crippen LogP) is 5.64. The van der Waals surface area contributed by atoms with Crippen LogP contribution in [-0.2, 0) is 0 Å². The molecule has 1 nitrogen and oxygen atoms in total. The van der Waals surface area contributed by atoms with Crippen molar-refractivity contribution in [2.45, 2.75) is 33.1 Å². The molecule has 0 fully saturated rings. The van der Waals surface area contributed by atoms with E-state index in [0.717, 1.165) is 25.8 Å². The fraction of sp³-hybridized carbons (Fsp3) is 0.300. The van der Waals surface area contributed by atoms with Gasteiger partial charge in [0.1, 0.15) is 0 Å². The molecule has 0 atom stereocenters. The van der Waals surface area contributed by atoms with Gasteiger partial charge in [-0.05, 0) is 37.1 Å². The lowest BCUT2D eigenvalue weighted by Gasteiger charge is -2.03. The summed E-state index contributed by atoms with van der Waals surface area (Å²) in [5.41, 5.74) is 2.53. The van der Waals surface area contributed by atoms with Crippen molar-refractivity contribution < 1.29 is 0 Å². The third-order valence-electron chi connectivity index (χ3n) is 2.78. The summed E-state index contributed by atoms with van der Waals surface area (Å²) in [6.45, 7) is 12.8. The molecular formula is C20H29N. The van der Waals surface area contributed by atoms with Gasteiger partial charge in [0.2, 0.25) is 0 Å². The van der Waals surface area contributed by atoms with Crippen LogP contribution in [0.4, 0.5) is 0 Å². The van der Waals surface area contributed by atoms with Gasteiger partial charge in [-0.1, -0.05) is 81.2 Å². The van der Waals surface area contributed by atoms with Crippen LogP contribution in [0.15, 0.2) is 85.2 Å². The molecule has 0 aliphatic heterocycles. The fourth-order valence-electron chi connectivity index (χ4n) is 1.51. The summed E-state index contributed by atoms with van der Waals surface area (Å²) >= 11 is 0. The van der Waals surface area contributed by atoms with Gasteiger partial charge in [-0.15, -0.1) is 0 Å². The average molecular weight is 283 g/mol. The molecule has 0 amide bonds. The van der Waals surface area contributed by atoms with E-state index in [9.17, 15) is 0 Å². The number of hydrogen-bond donors (Lipinski definition) is 1. The van der Waals surface area contributed by atoms with Crippen LogP contribution in [0.2, 0.25) is 0 Å². The molecule has 0 aromatic carbocycles. The third-order valence-corrected chi connectivity index (χ3v) is 2.78. The highest BCUT2D eigenvalue weighted by molar-refractivity contribution is 5.28. The Morgan fingerprint density at radius 1 is 1.05 bits per heavy atom. The molecule has 114 valence electrons. The van der Waals surface area contributed by atoms with Crippen LogP contribution in [0.3, 0.4) is 0 Å². The molecule has 1 heteroatoms. The Labute approximate surface area is 130 Å². The number of rotatable bonds is 11. The van der Waals surface area contributed by atoms with Gasteiger partial charge in [0.15, 0.2) is 0 Å². The minimum absolute atomic E-state index is 0.810. The Morgan fingerprint density at radius 3 is 2.52 bits per heavy atom. The zero-order chi connectivity index (χ0) is 15.8. The molecule has 21 heavy (non-hydrogen) atoms. The summed E-state index contributed by atoms with van der Waals surface area (Å²) < 4.78 is 0. The van der Waals surface area contributed by atoms with Gasteiger partial charge in [-0.25, -0.2) is 0 Å². The minimum Gasteiger partial charge on any atom is -0.387 e. The summed E-state index contributed by atoms with van der Waals surface area (Å²) in [5, 5.41) is 3.25.